The number of carbonyl (C=O) groups is 2. The molecule has 98 valence electrons. The van der Waals surface area contributed by atoms with Crippen molar-refractivity contribution in [2.75, 3.05) is 5.32 Å². The van der Waals surface area contributed by atoms with Crippen molar-refractivity contribution in [1.82, 2.24) is 0 Å². The second kappa shape index (κ2) is 6.34. The highest BCUT2D eigenvalue weighted by Gasteiger charge is 2.13. The number of carbonyl (C=O) groups excluding carboxylic acids is 2. The molecular weight excluding hydrogens is 226 g/mol. The SMILES string of the molecule is CCc1cccc(C(C)C)c1NC(=O)CC(C)=O. The normalized spacial score (nSPS) is 10.5. The fourth-order valence-corrected chi connectivity index (χ4v) is 1.96. The number of benzene rings is 1. The lowest BCUT2D eigenvalue weighted by Gasteiger charge is -2.17. The van der Waals surface area contributed by atoms with E-state index in [1.165, 1.54) is 6.92 Å². The summed E-state index contributed by atoms with van der Waals surface area (Å²) in [6.07, 6.45) is 0.797. The number of nitrogens with one attached hydrogen (secondary N) is 1. The van der Waals surface area contributed by atoms with Gasteiger partial charge in [-0.2, -0.15) is 0 Å². The van der Waals surface area contributed by atoms with Gasteiger partial charge in [0, 0.05) is 5.69 Å². The first kappa shape index (κ1) is 14.4. The van der Waals surface area contributed by atoms with E-state index in [-0.39, 0.29) is 18.1 Å². The number of rotatable bonds is 5. The van der Waals surface area contributed by atoms with E-state index in [0.717, 1.165) is 23.2 Å². The van der Waals surface area contributed by atoms with Crippen LogP contribution < -0.4 is 5.32 Å². The molecule has 0 aliphatic carbocycles. The Labute approximate surface area is 109 Å². The summed E-state index contributed by atoms with van der Waals surface area (Å²) in [6, 6.07) is 6.04. The Balaban J connectivity index is 3.04. The predicted octanol–water partition coefficient (Wildman–Crippen LogP) is 3.29. The minimum atomic E-state index is -0.231. The van der Waals surface area contributed by atoms with Crippen molar-refractivity contribution in [2.45, 2.75) is 46.5 Å². The Hall–Kier alpha value is -1.64. The van der Waals surface area contributed by atoms with E-state index < -0.39 is 0 Å². The third-order valence-corrected chi connectivity index (χ3v) is 2.86. The number of aryl methyl sites for hydroxylation is 1. The molecule has 0 atom stereocenters. The van der Waals surface area contributed by atoms with Crippen LogP contribution in [0.5, 0.6) is 0 Å². The molecule has 0 unspecified atom stereocenters. The molecule has 3 nitrogen and oxygen atoms in total. The number of hydrogen-bond donors (Lipinski definition) is 1. The van der Waals surface area contributed by atoms with Crippen LogP contribution in [0.4, 0.5) is 5.69 Å². The molecule has 0 radical (unpaired) electrons. The first-order valence-corrected chi connectivity index (χ1v) is 6.36. The van der Waals surface area contributed by atoms with Gasteiger partial charge in [0.2, 0.25) is 5.91 Å². The summed E-state index contributed by atoms with van der Waals surface area (Å²) >= 11 is 0. The van der Waals surface area contributed by atoms with E-state index >= 15 is 0 Å². The van der Waals surface area contributed by atoms with E-state index in [1.807, 2.05) is 18.2 Å². The molecule has 0 fully saturated rings. The molecule has 1 N–H and O–H groups in total. The van der Waals surface area contributed by atoms with E-state index in [4.69, 9.17) is 0 Å². The summed E-state index contributed by atoms with van der Waals surface area (Å²) in [5.41, 5.74) is 3.10. The third kappa shape index (κ3) is 3.69. The Morgan fingerprint density at radius 1 is 1.28 bits per heavy atom. The van der Waals surface area contributed by atoms with Crippen molar-refractivity contribution in [2.24, 2.45) is 0 Å². The number of Topliss-reactive ketones (excluding diaryl/α,β-unsaturated/α-hetero) is 1. The monoisotopic (exact) mass is 247 g/mol. The van der Waals surface area contributed by atoms with Gasteiger partial charge in [-0.15, -0.1) is 0 Å². The van der Waals surface area contributed by atoms with Gasteiger partial charge >= 0.3 is 0 Å². The van der Waals surface area contributed by atoms with Gasteiger partial charge in [0.1, 0.15) is 5.78 Å². The van der Waals surface area contributed by atoms with Crippen LogP contribution >= 0.6 is 0 Å². The zero-order valence-corrected chi connectivity index (χ0v) is 11.5. The van der Waals surface area contributed by atoms with Gasteiger partial charge in [0.25, 0.3) is 0 Å². The standard InChI is InChI=1S/C15H21NO2/c1-5-12-7-6-8-13(10(2)3)15(12)16-14(18)9-11(4)17/h6-8,10H,5,9H2,1-4H3,(H,16,18). The van der Waals surface area contributed by atoms with E-state index in [9.17, 15) is 9.59 Å². The quantitative estimate of drug-likeness (QED) is 0.811. The number of hydrogen-bond acceptors (Lipinski definition) is 2. The second-order valence-electron chi connectivity index (χ2n) is 4.82. The van der Waals surface area contributed by atoms with E-state index in [2.05, 4.69) is 26.1 Å². The van der Waals surface area contributed by atoms with Gasteiger partial charge in [-0.25, -0.2) is 0 Å². The van der Waals surface area contributed by atoms with Gasteiger partial charge < -0.3 is 5.32 Å². The fraction of sp³-hybridized carbons (Fsp3) is 0.467. The average Bonchev–Trinajstić information content (AvgIpc) is 2.27. The largest absolute Gasteiger partial charge is 0.325 e. The first-order valence-electron chi connectivity index (χ1n) is 6.36. The van der Waals surface area contributed by atoms with E-state index in [0.29, 0.717) is 5.92 Å². The predicted molar refractivity (Wildman–Crippen MR) is 73.8 cm³/mol. The van der Waals surface area contributed by atoms with Crippen molar-refractivity contribution in [1.29, 1.82) is 0 Å². The Bertz CT molecular complexity index is 450. The average molecular weight is 247 g/mol. The van der Waals surface area contributed by atoms with Crippen LogP contribution in [0.2, 0.25) is 0 Å². The molecule has 1 rings (SSSR count). The van der Waals surface area contributed by atoms with Crippen LogP contribution in [0.1, 0.15) is 51.2 Å². The number of para-hydroxylation sites is 1. The van der Waals surface area contributed by atoms with Crippen molar-refractivity contribution in [3.8, 4) is 0 Å². The molecule has 0 aromatic heterocycles. The summed E-state index contributed by atoms with van der Waals surface area (Å²) in [5.74, 6) is -0.0120. The second-order valence-corrected chi connectivity index (χ2v) is 4.82. The Morgan fingerprint density at radius 3 is 2.44 bits per heavy atom. The molecular formula is C15H21NO2. The molecule has 0 heterocycles. The molecule has 0 spiro atoms. The van der Waals surface area contributed by atoms with Crippen LogP contribution in [-0.4, -0.2) is 11.7 Å². The van der Waals surface area contributed by atoms with Gasteiger partial charge in [0.05, 0.1) is 6.42 Å². The third-order valence-electron chi connectivity index (χ3n) is 2.86. The van der Waals surface area contributed by atoms with Crippen molar-refractivity contribution in [3.63, 3.8) is 0 Å². The lowest BCUT2D eigenvalue weighted by Crippen LogP contribution is -2.17. The lowest BCUT2D eigenvalue weighted by atomic mass is 9.96. The number of amides is 1. The highest BCUT2D eigenvalue weighted by molar-refractivity contribution is 6.04. The molecule has 0 saturated carbocycles. The highest BCUT2D eigenvalue weighted by atomic mass is 16.2. The smallest absolute Gasteiger partial charge is 0.231 e. The molecule has 0 bridgehead atoms. The summed E-state index contributed by atoms with van der Waals surface area (Å²) in [4.78, 5) is 22.7. The van der Waals surface area contributed by atoms with E-state index in [1.54, 1.807) is 0 Å². The molecule has 3 heteroatoms. The summed E-state index contributed by atoms with van der Waals surface area (Å²) in [7, 11) is 0. The maximum atomic E-state index is 11.7. The van der Waals surface area contributed by atoms with Gasteiger partial charge in [-0.05, 0) is 30.4 Å². The van der Waals surface area contributed by atoms with Gasteiger partial charge in [-0.1, -0.05) is 39.0 Å². The molecule has 0 saturated heterocycles. The molecule has 1 amide bonds. The van der Waals surface area contributed by atoms with Crippen LogP contribution in [0.15, 0.2) is 18.2 Å². The molecule has 18 heavy (non-hydrogen) atoms. The van der Waals surface area contributed by atoms with Crippen LogP contribution in [0.25, 0.3) is 0 Å². The fourth-order valence-electron chi connectivity index (χ4n) is 1.96. The van der Waals surface area contributed by atoms with Gasteiger partial charge in [-0.3, -0.25) is 9.59 Å². The lowest BCUT2D eigenvalue weighted by molar-refractivity contribution is -0.124. The maximum Gasteiger partial charge on any atom is 0.231 e. The van der Waals surface area contributed by atoms with Crippen LogP contribution in [0, 0.1) is 0 Å². The minimum absolute atomic E-state index is 0.0599. The molecule has 0 aliphatic rings. The topological polar surface area (TPSA) is 46.2 Å². The maximum absolute atomic E-state index is 11.7. The van der Waals surface area contributed by atoms with Crippen LogP contribution in [-0.2, 0) is 16.0 Å². The highest BCUT2D eigenvalue weighted by Crippen LogP contribution is 2.28. The summed E-state index contributed by atoms with van der Waals surface area (Å²) in [5, 5.41) is 2.88. The van der Waals surface area contributed by atoms with Crippen molar-refractivity contribution < 1.29 is 9.59 Å². The Morgan fingerprint density at radius 2 is 1.94 bits per heavy atom. The van der Waals surface area contributed by atoms with Crippen molar-refractivity contribution >= 4 is 17.4 Å². The van der Waals surface area contributed by atoms with Gasteiger partial charge in [0.15, 0.2) is 0 Å². The van der Waals surface area contributed by atoms with Crippen molar-refractivity contribution in [3.05, 3.63) is 29.3 Å². The molecule has 1 aromatic carbocycles. The first-order chi connectivity index (χ1) is 8.45. The minimum Gasteiger partial charge on any atom is -0.325 e. The molecule has 0 aliphatic heterocycles. The van der Waals surface area contributed by atoms with Crippen LogP contribution in [0.3, 0.4) is 0 Å². The number of ketones is 1. The number of anilines is 1. The molecule has 1 aromatic rings. The Kier molecular flexibility index (Phi) is 5.08. The summed E-state index contributed by atoms with van der Waals surface area (Å²) in [6.45, 7) is 7.67. The summed E-state index contributed by atoms with van der Waals surface area (Å²) < 4.78 is 0. The zero-order valence-electron chi connectivity index (χ0n) is 11.5. The zero-order chi connectivity index (χ0) is 13.7.